The van der Waals surface area contributed by atoms with E-state index in [1.165, 1.54) is 11.1 Å². The summed E-state index contributed by atoms with van der Waals surface area (Å²) in [5.41, 5.74) is 4.29. The van der Waals surface area contributed by atoms with Gasteiger partial charge in [-0.1, -0.05) is 23.4 Å². The monoisotopic (exact) mass is 421 g/mol. The van der Waals surface area contributed by atoms with Crippen LogP contribution in [0.25, 0.3) is 11.4 Å². The van der Waals surface area contributed by atoms with E-state index in [0.29, 0.717) is 36.2 Å². The lowest BCUT2D eigenvalue weighted by molar-refractivity contribution is -0.129. The first-order valence-electron chi connectivity index (χ1n) is 10.3. The molecule has 2 aromatic carbocycles. The van der Waals surface area contributed by atoms with Crippen LogP contribution in [0.4, 0.5) is 0 Å². The van der Waals surface area contributed by atoms with Gasteiger partial charge in [-0.15, -0.1) is 0 Å². The van der Waals surface area contributed by atoms with Crippen LogP contribution in [0.2, 0.25) is 0 Å². The minimum atomic E-state index is -0.122. The topological polar surface area (TPSA) is 77.7 Å². The highest BCUT2D eigenvalue weighted by molar-refractivity contribution is 5.80. The fraction of sp³-hybridized carbons (Fsp3) is 0.375. The molecule has 31 heavy (non-hydrogen) atoms. The van der Waals surface area contributed by atoms with Crippen molar-refractivity contribution >= 4 is 5.91 Å². The fourth-order valence-corrected chi connectivity index (χ4v) is 3.96. The molecule has 0 bridgehead atoms. The van der Waals surface area contributed by atoms with Gasteiger partial charge in [0.2, 0.25) is 17.6 Å². The highest BCUT2D eigenvalue weighted by Crippen LogP contribution is 2.37. The smallest absolute Gasteiger partial charge is 0.232 e. The summed E-state index contributed by atoms with van der Waals surface area (Å²) in [5, 5.41) is 4.15. The molecule has 1 aliphatic rings. The molecule has 7 nitrogen and oxygen atoms in total. The highest BCUT2D eigenvalue weighted by Gasteiger charge is 2.37. The van der Waals surface area contributed by atoms with E-state index in [-0.39, 0.29) is 17.9 Å². The number of carbonyl (C=O) groups excluding carboxylic acids is 1. The van der Waals surface area contributed by atoms with E-state index in [0.717, 1.165) is 11.1 Å². The van der Waals surface area contributed by atoms with Crippen molar-refractivity contribution in [3.63, 3.8) is 0 Å². The minimum absolute atomic E-state index is 0.0678. The summed E-state index contributed by atoms with van der Waals surface area (Å²) >= 11 is 0. The van der Waals surface area contributed by atoms with Gasteiger partial charge in [0.05, 0.1) is 26.2 Å². The van der Waals surface area contributed by atoms with Gasteiger partial charge < -0.3 is 18.9 Å². The summed E-state index contributed by atoms with van der Waals surface area (Å²) in [6, 6.07) is 11.7. The van der Waals surface area contributed by atoms with E-state index in [2.05, 4.69) is 30.1 Å². The first kappa shape index (κ1) is 20.9. The van der Waals surface area contributed by atoms with E-state index in [1.54, 1.807) is 14.2 Å². The molecule has 0 spiro atoms. The zero-order valence-corrected chi connectivity index (χ0v) is 18.5. The van der Waals surface area contributed by atoms with Crippen LogP contribution in [-0.2, 0) is 4.79 Å². The number of amides is 1. The molecular weight excluding hydrogens is 394 g/mol. The number of carbonyl (C=O) groups is 1. The molecule has 4 rings (SSSR count). The van der Waals surface area contributed by atoms with Gasteiger partial charge in [-0.2, -0.15) is 4.98 Å². The van der Waals surface area contributed by atoms with E-state index in [4.69, 9.17) is 14.0 Å². The van der Waals surface area contributed by atoms with Crippen LogP contribution < -0.4 is 9.47 Å². The first-order valence-corrected chi connectivity index (χ1v) is 10.3. The van der Waals surface area contributed by atoms with Crippen LogP contribution >= 0.6 is 0 Å². The Balaban J connectivity index is 1.52. The van der Waals surface area contributed by atoms with Crippen LogP contribution in [0.15, 0.2) is 40.9 Å². The molecule has 0 N–H and O–H groups in total. The summed E-state index contributed by atoms with van der Waals surface area (Å²) in [4.78, 5) is 19.2. The number of hydrogen-bond donors (Lipinski definition) is 0. The Morgan fingerprint density at radius 1 is 1.06 bits per heavy atom. The third-order valence-electron chi connectivity index (χ3n) is 6.07. The maximum absolute atomic E-state index is 12.8. The standard InChI is InChI=1S/C24H27N3O4/c1-14-6-7-18(10-15(14)2)23-25-24(31-26-23)19-12-22(28)27(13-19)16(3)17-8-9-20(29-4)21(11-17)30-5/h6-11,16,19H,12-13H2,1-5H3. The number of nitrogens with zero attached hydrogens (tertiary/aromatic N) is 3. The van der Waals surface area contributed by atoms with Crippen LogP contribution in [-0.4, -0.2) is 41.7 Å². The van der Waals surface area contributed by atoms with Crippen molar-refractivity contribution in [3.8, 4) is 22.9 Å². The third kappa shape index (κ3) is 4.00. The molecule has 1 aromatic heterocycles. The van der Waals surface area contributed by atoms with Crippen molar-refractivity contribution < 1.29 is 18.8 Å². The molecule has 1 aliphatic heterocycles. The quantitative estimate of drug-likeness (QED) is 0.585. The zero-order chi connectivity index (χ0) is 22.1. The lowest BCUT2D eigenvalue weighted by Gasteiger charge is -2.25. The molecule has 1 fully saturated rings. The first-order chi connectivity index (χ1) is 14.9. The molecule has 2 atom stereocenters. The summed E-state index contributed by atoms with van der Waals surface area (Å²) in [6.45, 7) is 6.67. The number of hydrogen-bond acceptors (Lipinski definition) is 6. The number of ether oxygens (including phenoxy) is 2. The molecule has 0 saturated carbocycles. The van der Waals surface area contributed by atoms with Gasteiger partial charge in [0.15, 0.2) is 11.5 Å². The van der Waals surface area contributed by atoms with Crippen molar-refractivity contribution in [2.24, 2.45) is 0 Å². The number of aryl methyl sites for hydroxylation is 2. The normalized spacial score (nSPS) is 17.1. The van der Waals surface area contributed by atoms with Crippen molar-refractivity contribution in [2.75, 3.05) is 20.8 Å². The number of aromatic nitrogens is 2. The Hall–Kier alpha value is -3.35. The number of likely N-dealkylation sites (tertiary alicyclic amines) is 1. The Labute approximate surface area is 182 Å². The predicted octanol–water partition coefficient (Wildman–Crippen LogP) is 4.45. The Morgan fingerprint density at radius 3 is 2.55 bits per heavy atom. The Morgan fingerprint density at radius 2 is 1.84 bits per heavy atom. The molecular formula is C24H27N3O4. The van der Waals surface area contributed by atoms with Gasteiger partial charge in [-0.3, -0.25) is 4.79 Å². The summed E-state index contributed by atoms with van der Waals surface area (Å²) in [5.74, 6) is 2.31. The molecule has 2 unspecified atom stereocenters. The van der Waals surface area contributed by atoms with Crippen LogP contribution in [0, 0.1) is 13.8 Å². The van der Waals surface area contributed by atoms with Crippen LogP contribution in [0.5, 0.6) is 11.5 Å². The molecule has 7 heteroatoms. The number of rotatable bonds is 6. The van der Waals surface area contributed by atoms with Crippen molar-refractivity contribution in [1.82, 2.24) is 15.0 Å². The van der Waals surface area contributed by atoms with E-state index in [9.17, 15) is 4.79 Å². The lowest BCUT2D eigenvalue weighted by Crippen LogP contribution is -2.28. The second-order valence-electron chi connectivity index (χ2n) is 7.99. The molecule has 1 amide bonds. The number of methoxy groups -OCH3 is 2. The number of benzene rings is 2. The maximum atomic E-state index is 12.8. The van der Waals surface area contributed by atoms with E-state index in [1.807, 2.05) is 42.2 Å². The second kappa shape index (κ2) is 8.41. The van der Waals surface area contributed by atoms with Gasteiger partial charge in [-0.05, 0) is 55.7 Å². The summed E-state index contributed by atoms with van der Waals surface area (Å²) in [7, 11) is 3.21. The largest absolute Gasteiger partial charge is 0.493 e. The molecule has 0 aliphatic carbocycles. The van der Waals surface area contributed by atoms with Gasteiger partial charge in [0, 0.05) is 18.5 Å². The molecule has 0 radical (unpaired) electrons. The van der Waals surface area contributed by atoms with Crippen LogP contribution in [0.3, 0.4) is 0 Å². The fourth-order valence-electron chi connectivity index (χ4n) is 3.96. The van der Waals surface area contributed by atoms with Crippen LogP contribution in [0.1, 0.15) is 47.9 Å². The van der Waals surface area contributed by atoms with Gasteiger partial charge in [0.1, 0.15) is 0 Å². The second-order valence-corrected chi connectivity index (χ2v) is 7.99. The third-order valence-corrected chi connectivity index (χ3v) is 6.07. The van der Waals surface area contributed by atoms with E-state index < -0.39 is 0 Å². The van der Waals surface area contributed by atoms with Gasteiger partial charge in [-0.25, -0.2) is 0 Å². The molecule has 3 aromatic rings. The van der Waals surface area contributed by atoms with Gasteiger partial charge >= 0.3 is 0 Å². The molecule has 162 valence electrons. The summed E-state index contributed by atoms with van der Waals surface area (Å²) in [6.07, 6.45) is 0.353. The summed E-state index contributed by atoms with van der Waals surface area (Å²) < 4.78 is 16.3. The zero-order valence-electron chi connectivity index (χ0n) is 18.5. The maximum Gasteiger partial charge on any atom is 0.232 e. The van der Waals surface area contributed by atoms with Crippen molar-refractivity contribution in [3.05, 3.63) is 59.0 Å². The SMILES string of the molecule is COc1ccc(C(C)N2CC(c3nc(-c4ccc(C)c(C)c4)no3)CC2=O)cc1OC. The Bertz CT molecular complexity index is 1110. The molecule has 1 saturated heterocycles. The highest BCUT2D eigenvalue weighted by atomic mass is 16.5. The van der Waals surface area contributed by atoms with Crippen molar-refractivity contribution in [2.45, 2.75) is 39.2 Å². The predicted molar refractivity (Wildman–Crippen MR) is 116 cm³/mol. The average Bonchev–Trinajstić information content (AvgIpc) is 3.41. The van der Waals surface area contributed by atoms with E-state index >= 15 is 0 Å². The minimum Gasteiger partial charge on any atom is -0.493 e. The molecule has 2 heterocycles. The van der Waals surface area contributed by atoms with Crippen molar-refractivity contribution in [1.29, 1.82) is 0 Å². The van der Waals surface area contributed by atoms with Gasteiger partial charge in [0.25, 0.3) is 0 Å². The Kier molecular flexibility index (Phi) is 5.67. The lowest BCUT2D eigenvalue weighted by atomic mass is 10.1. The average molecular weight is 421 g/mol.